The van der Waals surface area contributed by atoms with E-state index in [0.717, 1.165) is 62.0 Å². The maximum atomic E-state index is 13.0. The minimum absolute atomic E-state index is 0.0450. The van der Waals surface area contributed by atoms with Gasteiger partial charge in [0.2, 0.25) is 0 Å². The second-order valence-electron chi connectivity index (χ2n) is 9.15. The Kier molecular flexibility index (Phi) is 6.95. The third-order valence-electron chi connectivity index (χ3n) is 6.93. The van der Waals surface area contributed by atoms with Gasteiger partial charge in [0.25, 0.3) is 5.91 Å². The Bertz CT molecular complexity index is 1070. The predicted octanol–water partition coefficient (Wildman–Crippen LogP) is 4.55. The molecule has 0 aliphatic carbocycles. The van der Waals surface area contributed by atoms with Gasteiger partial charge in [-0.15, -0.1) is 10.2 Å². The molecule has 0 N–H and O–H groups in total. The summed E-state index contributed by atoms with van der Waals surface area (Å²) in [7, 11) is 0. The second-order valence-corrected chi connectivity index (χ2v) is 9.59. The smallest absolute Gasteiger partial charge is 0.274 e. The first kappa shape index (κ1) is 22.7. The van der Waals surface area contributed by atoms with Gasteiger partial charge in [0, 0.05) is 50.0 Å². The molecular formula is C27H30ClN5O. The van der Waals surface area contributed by atoms with E-state index in [2.05, 4.69) is 50.3 Å². The zero-order valence-corrected chi connectivity index (χ0v) is 20.1. The summed E-state index contributed by atoms with van der Waals surface area (Å²) in [6, 6.07) is 22.3. The number of piperazine rings is 1. The Labute approximate surface area is 206 Å². The number of anilines is 2. The molecule has 3 heterocycles. The number of hydrogen-bond donors (Lipinski definition) is 0. The summed E-state index contributed by atoms with van der Waals surface area (Å²) in [5.41, 5.74) is 2.97. The highest BCUT2D eigenvalue weighted by Crippen LogP contribution is 2.25. The molecule has 1 aromatic heterocycles. The van der Waals surface area contributed by atoms with Gasteiger partial charge in [-0.3, -0.25) is 4.79 Å². The van der Waals surface area contributed by atoms with Crippen molar-refractivity contribution in [1.29, 1.82) is 0 Å². The van der Waals surface area contributed by atoms with Crippen molar-refractivity contribution in [3.8, 4) is 0 Å². The van der Waals surface area contributed by atoms with Crippen molar-refractivity contribution in [1.82, 2.24) is 15.1 Å². The van der Waals surface area contributed by atoms with Crippen LogP contribution in [0.5, 0.6) is 0 Å². The number of benzene rings is 2. The molecule has 1 amide bonds. The SMILES string of the molecule is O=C(c1ccc(N2CCC(Cc3ccccc3)CC2)nn1)N1CCN(c2ccc(Cl)cc2)CC1. The molecular weight excluding hydrogens is 446 g/mol. The monoisotopic (exact) mass is 475 g/mol. The van der Waals surface area contributed by atoms with Crippen molar-refractivity contribution < 1.29 is 4.79 Å². The second kappa shape index (κ2) is 10.4. The van der Waals surface area contributed by atoms with Crippen LogP contribution in [0.25, 0.3) is 0 Å². The van der Waals surface area contributed by atoms with Gasteiger partial charge in [0.1, 0.15) is 0 Å². The first-order valence-corrected chi connectivity index (χ1v) is 12.5. The number of carbonyl (C=O) groups is 1. The number of amides is 1. The fourth-order valence-corrected chi connectivity index (χ4v) is 5.03. The lowest BCUT2D eigenvalue weighted by molar-refractivity contribution is 0.0739. The molecule has 0 atom stereocenters. The standard InChI is InChI=1S/C27H30ClN5O/c28-23-6-8-24(9-7-23)31-16-18-33(19-17-31)27(34)25-10-11-26(30-29-25)32-14-12-22(13-15-32)20-21-4-2-1-3-5-21/h1-11,22H,12-20H2. The van der Waals surface area contributed by atoms with Crippen LogP contribution in [0.4, 0.5) is 11.5 Å². The maximum absolute atomic E-state index is 13.0. The Hall–Kier alpha value is -3.12. The van der Waals surface area contributed by atoms with Crippen LogP contribution in [0.1, 0.15) is 28.9 Å². The van der Waals surface area contributed by atoms with Gasteiger partial charge < -0.3 is 14.7 Å². The first-order chi connectivity index (χ1) is 16.7. The normalized spacial score (nSPS) is 17.1. The van der Waals surface area contributed by atoms with Gasteiger partial charge in [0.05, 0.1) is 0 Å². The van der Waals surface area contributed by atoms with Crippen molar-refractivity contribution in [2.75, 3.05) is 49.1 Å². The van der Waals surface area contributed by atoms with E-state index in [9.17, 15) is 4.79 Å². The summed E-state index contributed by atoms with van der Waals surface area (Å²) >= 11 is 5.99. The molecule has 7 heteroatoms. The van der Waals surface area contributed by atoms with Crippen LogP contribution in [0.2, 0.25) is 5.02 Å². The third kappa shape index (κ3) is 5.33. The van der Waals surface area contributed by atoms with E-state index in [1.807, 2.05) is 41.3 Å². The first-order valence-electron chi connectivity index (χ1n) is 12.1. The zero-order chi connectivity index (χ0) is 23.3. The Morgan fingerprint density at radius 1 is 0.794 bits per heavy atom. The molecule has 2 aliphatic rings. The van der Waals surface area contributed by atoms with Gasteiger partial charge in [-0.2, -0.15) is 0 Å². The van der Waals surface area contributed by atoms with Crippen LogP contribution < -0.4 is 9.80 Å². The molecule has 176 valence electrons. The van der Waals surface area contributed by atoms with Crippen molar-refractivity contribution in [2.45, 2.75) is 19.3 Å². The van der Waals surface area contributed by atoms with Gasteiger partial charge in [-0.25, -0.2) is 0 Å². The van der Waals surface area contributed by atoms with E-state index in [1.54, 1.807) is 0 Å². The molecule has 3 aromatic rings. The van der Waals surface area contributed by atoms with Crippen LogP contribution in [0.3, 0.4) is 0 Å². The van der Waals surface area contributed by atoms with E-state index >= 15 is 0 Å². The number of nitrogens with zero attached hydrogens (tertiary/aromatic N) is 5. The predicted molar refractivity (Wildman–Crippen MR) is 137 cm³/mol. The molecule has 0 bridgehead atoms. The summed E-state index contributed by atoms with van der Waals surface area (Å²) in [6.45, 7) is 4.87. The molecule has 0 radical (unpaired) electrons. The Morgan fingerprint density at radius 2 is 1.50 bits per heavy atom. The van der Waals surface area contributed by atoms with Crippen molar-refractivity contribution in [3.63, 3.8) is 0 Å². The molecule has 34 heavy (non-hydrogen) atoms. The fourth-order valence-electron chi connectivity index (χ4n) is 4.90. The number of rotatable bonds is 5. The highest BCUT2D eigenvalue weighted by atomic mass is 35.5. The van der Waals surface area contributed by atoms with E-state index < -0.39 is 0 Å². The molecule has 2 aliphatic heterocycles. The fraction of sp³-hybridized carbons (Fsp3) is 0.370. The molecule has 2 saturated heterocycles. The van der Waals surface area contributed by atoms with Crippen LogP contribution >= 0.6 is 11.6 Å². The van der Waals surface area contributed by atoms with Gasteiger partial charge in [0.15, 0.2) is 11.5 Å². The maximum Gasteiger partial charge on any atom is 0.274 e. The molecule has 0 saturated carbocycles. The van der Waals surface area contributed by atoms with E-state index in [0.29, 0.717) is 24.7 Å². The summed E-state index contributed by atoms with van der Waals surface area (Å²) in [5, 5.41) is 9.43. The zero-order valence-electron chi connectivity index (χ0n) is 19.3. The molecule has 0 unspecified atom stereocenters. The largest absolute Gasteiger partial charge is 0.368 e. The highest BCUT2D eigenvalue weighted by molar-refractivity contribution is 6.30. The highest BCUT2D eigenvalue weighted by Gasteiger charge is 2.25. The van der Waals surface area contributed by atoms with Gasteiger partial charge in [-0.1, -0.05) is 41.9 Å². The lowest BCUT2D eigenvalue weighted by Crippen LogP contribution is -2.49. The number of carbonyl (C=O) groups excluding carboxylic acids is 1. The Balaban J connectivity index is 1.12. The van der Waals surface area contributed by atoms with Crippen molar-refractivity contribution in [2.24, 2.45) is 5.92 Å². The minimum atomic E-state index is -0.0450. The lowest BCUT2D eigenvalue weighted by Gasteiger charge is -2.36. The topological polar surface area (TPSA) is 52.6 Å². The number of halogens is 1. The summed E-state index contributed by atoms with van der Waals surface area (Å²) in [6.07, 6.45) is 3.43. The number of aromatic nitrogens is 2. The molecule has 2 aromatic carbocycles. The van der Waals surface area contributed by atoms with Crippen LogP contribution in [-0.4, -0.2) is 60.3 Å². The van der Waals surface area contributed by atoms with Crippen molar-refractivity contribution in [3.05, 3.63) is 83.0 Å². The van der Waals surface area contributed by atoms with Crippen molar-refractivity contribution >= 4 is 29.0 Å². The lowest BCUT2D eigenvalue weighted by atomic mass is 9.90. The van der Waals surface area contributed by atoms with E-state index in [1.165, 1.54) is 5.56 Å². The van der Waals surface area contributed by atoms with Gasteiger partial charge >= 0.3 is 0 Å². The Morgan fingerprint density at radius 3 is 2.15 bits per heavy atom. The number of piperidine rings is 1. The molecule has 0 spiro atoms. The average Bonchev–Trinajstić information content (AvgIpc) is 2.90. The third-order valence-corrected chi connectivity index (χ3v) is 7.19. The summed E-state index contributed by atoms with van der Waals surface area (Å²) in [4.78, 5) is 19.4. The molecule has 2 fully saturated rings. The van der Waals surface area contributed by atoms with E-state index in [-0.39, 0.29) is 5.91 Å². The quantitative estimate of drug-likeness (QED) is 0.541. The minimum Gasteiger partial charge on any atom is -0.368 e. The molecule has 5 rings (SSSR count). The van der Waals surface area contributed by atoms with Crippen LogP contribution in [0.15, 0.2) is 66.7 Å². The summed E-state index contributed by atoms with van der Waals surface area (Å²) in [5.74, 6) is 1.53. The van der Waals surface area contributed by atoms with E-state index in [4.69, 9.17) is 11.6 Å². The molecule has 6 nitrogen and oxygen atoms in total. The average molecular weight is 476 g/mol. The van der Waals surface area contributed by atoms with Gasteiger partial charge in [-0.05, 0) is 67.1 Å². The van der Waals surface area contributed by atoms with Crippen LogP contribution in [0, 0.1) is 5.92 Å². The number of hydrogen-bond acceptors (Lipinski definition) is 5. The summed E-state index contributed by atoms with van der Waals surface area (Å²) < 4.78 is 0. The van der Waals surface area contributed by atoms with Crippen LogP contribution in [-0.2, 0) is 6.42 Å².